The molecule has 1 aromatic carbocycles. The lowest BCUT2D eigenvalue weighted by Crippen LogP contribution is -2.50. The number of benzene rings is 1. The van der Waals surface area contributed by atoms with Crippen LogP contribution < -0.4 is 5.32 Å². The third-order valence-electron chi connectivity index (χ3n) is 4.84. The van der Waals surface area contributed by atoms with Gasteiger partial charge in [0.2, 0.25) is 0 Å². The molecular formula is C17H26N2O. The number of hydrogen-bond acceptors (Lipinski definition) is 3. The standard InChI is InChI=1S/C17H26N2O/c20-13-16(11-14-5-2-1-3-6-14)18-15-8-10-19-9-4-7-17(19)12-15/h1-3,5-6,15-18,20H,4,7-13H2. The number of nitrogens with one attached hydrogen (secondary N) is 1. The van der Waals surface area contributed by atoms with Gasteiger partial charge in [-0.3, -0.25) is 0 Å². The minimum atomic E-state index is 0.190. The summed E-state index contributed by atoms with van der Waals surface area (Å²) in [7, 11) is 0. The normalized spacial score (nSPS) is 28.2. The summed E-state index contributed by atoms with van der Waals surface area (Å²) >= 11 is 0. The highest BCUT2D eigenvalue weighted by atomic mass is 16.3. The maximum absolute atomic E-state index is 9.63. The molecule has 0 radical (unpaired) electrons. The van der Waals surface area contributed by atoms with Crippen molar-refractivity contribution in [3.63, 3.8) is 0 Å². The summed E-state index contributed by atoms with van der Waals surface area (Å²) in [5.74, 6) is 0. The Morgan fingerprint density at radius 1 is 1.20 bits per heavy atom. The molecule has 0 amide bonds. The average Bonchev–Trinajstić information content (AvgIpc) is 2.95. The molecule has 3 atom stereocenters. The first-order chi connectivity index (χ1) is 9.85. The van der Waals surface area contributed by atoms with Crippen molar-refractivity contribution in [3.05, 3.63) is 35.9 Å². The summed E-state index contributed by atoms with van der Waals surface area (Å²) in [6, 6.07) is 12.0. The van der Waals surface area contributed by atoms with Gasteiger partial charge in [0.05, 0.1) is 6.61 Å². The highest BCUT2D eigenvalue weighted by molar-refractivity contribution is 5.16. The van der Waals surface area contributed by atoms with Crippen LogP contribution in [0.1, 0.15) is 31.2 Å². The van der Waals surface area contributed by atoms with Gasteiger partial charge in [-0.2, -0.15) is 0 Å². The summed E-state index contributed by atoms with van der Waals surface area (Å²) in [4.78, 5) is 2.64. The van der Waals surface area contributed by atoms with Crippen LogP contribution in [0.2, 0.25) is 0 Å². The fraction of sp³-hybridized carbons (Fsp3) is 0.647. The van der Waals surface area contributed by atoms with E-state index in [1.165, 1.54) is 44.3 Å². The zero-order valence-electron chi connectivity index (χ0n) is 12.2. The molecule has 3 heteroatoms. The van der Waals surface area contributed by atoms with E-state index >= 15 is 0 Å². The number of hydrogen-bond donors (Lipinski definition) is 2. The fourth-order valence-corrected chi connectivity index (χ4v) is 3.78. The highest BCUT2D eigenvalue weighted by Gasteiger charge is 2.32. The second kappa shape index (κ2) is 6.70. The molecule has 3 nitrogen and oxygen atoms in total. The van der Waals surface area contributed by atoms with Crippen LogP contribution in [0.5, 0.6) is 0 Å². The van der Waals surface area contributed by atoms with Crippen LogP contribution in [0.25, 0.3) is 0 Å². The van der Waals surface area contributed by atoms with Crippen molar-refractivity contribution < 1.29 is 5.11 Å². The Kier molecular flexibility index (Phi) is 4.71. The van der Waals surface area contributed by atoms with Crippen molar-refractivity contribution in [2.24, 2.45) is 0 Å². The first-order valence-electron chi connectivity index (χ1n) is 8.00. The monoisotopic (exact) mass is 274 g/mol. The van der Waals surface area contributed by atoms with Crippen molar-refractivity contribution in [2.75, 3.05) is 19.7 Å². The minimum absolute atomic E-state index is 0.190. The third kappa shape index (κ3) is 3.40. The predicted octanol–water partition coefficient (Wildman–Crippen LogP) is 1.81. The average molecular weight is 274 g/mol. The maximum atomic E-state index is 9.63. The smallest absolute Gasteiger partial charge is 0.0587 e. The van der Waals surface area contributed by atoms with Gasteiger partial charge in [-0.1, -0.05) is 30.3 Å². The molecule has 0 aromatic heterocycles. The molecule has 2 fully saturated rings. The van der Waals surface area contributed by atoms with Crippen LogP contribution in [0.15, 0.2) is 30.3 Å². The molecule has 3 unspecified atom stereocenters. The van der Waals surface area contributed by atoms with E-state index in [2.05, 4.69) is 34.5 Å². The molecule has 3 rings (SSSR count). The fourth-order valence-electron chi connectivity index (χ4n) is 3.78. The Balaban J connectivity index is 1.52. The van der Waals surface area contributed by atoms with Gasteiger partial charge in [0, 0.05) is 18.1 Å². The quantitative estimate of drug-likeness (QED) is 0.859. The Morgan fingerprint density at radius 3 is 2.85 bits per heavy atom. The zero-order valence-corrected chi connectivity index (χ0v) is 12.2. The van der Waals surface area contributed by atoms with E-state index in [0.717, 1.165) is 12.5 Å². The SMILES string of the molecule is OCC(Cc1ccccc1)NC1CCN2CCCC2C1. The number of fused-ring (bicyclic) bond motifs is 1. The van der Waals surface area contributed by atoms with Crippen molar-refractivity contribution in [3.8, 4) is 0 Å². The lowest BCUT2D eigenvalue weighted by atomic mass is 9.96. The van der Waals surface area contributed by atoms with E-state index in [0.29, 0.717) is 6.04 Å². The molecule has 2 N–H and O–H groups in total. The second-order valence-corrected chi connectivity index (χ2v) is 6.29. The summed E-state index contributed by atoms with van der Waals surface area (Å²) in [5, 5.41) is 13.3. The molecular weight excluding hydrogens is 248 g/mol. The second-order valence-electron chi connectivity index (χ2n) is 6.29. The van der Waals surface area contributed by atoms with Crippen molar-refractivity contribution in [1.82, 2.24) is 10.2 Å². The summed E-state index contributed by atoms with van der Waals surface area (Å²) in [6.45, 7) is 2.75. The number of piperidine rings is 1. The largest absolute Gasteiger partial charge is 0.395 e. The number of aliphatic hydroxyl groups excluding tert-OH is 1. The van der Waals surface area contributed by atoms with Crippen molar-refractivity contribution in [2.45, 2.75) is 50.2 Å². The summed E-state index contributed by atoms with van der Waals surface area (Å²) < 4.78 is 0. The van der Waals surface area contributed by atoms with E-state index in [9.17, 15) is 5.11 Å². The van der Waals surface area contributed by atoms with Crippen LogP contribution in [-0.2, 0) is 6.42 Å². The van der Waals surface area contributed by atoms with Gasteiger partial charge in [0.1, 0.15) is 0 Å². The Bertz CT molecular complexity index is 409. The maximum Gasteiger partial charge on any atom is 0.0587 e. The van der Waals surface area contributed by atoms with Gasteiger partial charge in [-0.25, -0.2) is 0 Å². The highest BCUT2D eigenvalue weighted by Crippen LogP contribution is 2.27. The third-order valence-corrected chi connectivity index (χ3v) is 4.84. The summed E-state index contributed by atoms with van der Waals surface area (Å²) in [5.41, 5.74) is 1.30. The first kappa shape index (κ1) is 14.1. The van der Waals surface area contributed by atoms with Gasteiger partial charge >= 0.3 is 0 Å². The molecule has 2 aliphatic rings. The number of aliphatic hydroxyl groups is 1. The van der Waals surface area contributed by atoms with Gasteiger partial charge in [0.25, 0.3) is 0 Å². The topological polar surface area (TPSA) is 35.5 Å². The molecule has 20 heavy (non-hydrogen) atoms. The Labute approximate surface area is 122 Å². The van der Waals surface area contributed by atoms with Crippen LogP contribution in [0.4, 0.5) is 0 Å². The molecule has 0 bridgehead atoms. The summed E-state index contributed by atoms with van der Waals surface area (Å²) in [6.07, 6.45) is 6.13. The van der Waals surface area contributed by atoms with Crippen LogP contribution >= 0.6 is 0 Å². The molecule has 2 heterocycles. The van der Waals surface area contributed by atoms with Gasteiger partial charge < -0.3 is 15.3 Å². The molecule has 2 saturated heterocycles. The van der Waals surface area contributed by atoms with Gasteiger partial charge in [0.15, 0.2) is 0 Å². The molecule has 2 aliphatic heterocycles. The molecule has 0 saturated carbocycles. The minimum Gasteiger partial charge on any atom is -0.395 e. The predicted molar refractivity (Wildman–Crippen MR) is 81.8 cm³/mol. The zero-order chi connectivity index (χ0) is 13.8. The lowest BCUT2D eigenvalue weighted by Gasteiger charge is -2.36. The van der Waals surface area contributed by atoms with E-state index in [-0.39, 0.29) is 12.6 Å². The van der Waals surface area contributed by atoms with Gasteiger partial charge in [-0.05, 0) is 50.8 Å². The van der Waals surface area contributed by atoms with E-state index in [1.807, 2.05) is 6.07 Å². The Morgan fingerprint density at radius 2 is 2.05 bits per heavy atom. The van der Waals surface area contributed by atoms with E-state index < -0.39 is 0 Å². The molecule has 110 valence electrons. The van der Waals surface area contributed by atoms with Crippen molar-refractivity contribution in [1.29, 1.82) is 0 Å². The Hall–Kier alpha value is -0.900. The van der Waals surface area contributed by atoms with Crippen LogP contribution in [0, 0.1) is 0 Å². The molecule has 0 spiro atoms. The number of rotatable bonds is 5. The number of nitrogens with zero attached hydrogens (tertiary/aromatic N) is 1. The molecule has 1 aromatic rings. The molecule has 0 aliphatic carbocycles. The van der Waals surface area contributed by atoms with E-state index in [4.69, 9.17) is 0 Å². The van der Waals surface area contributed by atoms with E-state index in [1.54, 1.807) is 0 Å². The van der Waals surface area contributed by atoms with Crippen molar-refractivity contribution >= 4 is 0 Å². The van der Waals surface area contributed by atoms with Crippen LogP contribution in [0.3, 0.4) is 0 Å². The first-order valence-corrected chi connectivity index (χ1v) is 8.00. The lowest BCUT2D eigenvalue weighted by molar-refractivity contribution is 0.148. The van der Waals surface area contributed by atoms with Gasteiger partial charge in [-0.15, -0.1) is 0 Å². The van der Waals surface area contributed by atoms with Crippen LogP contribution in [-0.4, -0.2) is 47.8 Å².